The lowest BCUT2D eigenvalue weighted by Gasteiger charge is -2.11. The van der Waals surface area contributed by atoms with Gasteiger partial charge in [0.15, 0.2) is 0 Å². The molecule has 1 aromatic carbocycles. The SMILES string of the molecule is O=C(Nc1c(Cl)ccc(Cl)c1C(=O)O)c1ccc(F)nc1. The second-order valence-corrected chi connectivity index (χ2v) is 4.72. The number of hydrogen-bond acceptors (Lipinski definition) is 3. The van der Waals surface area contributed by atoms with Crippen LogP contribution in [-0.4, -0.2) is 22.0 Å². The van der Waals surface area contributed by atoms with Crippen LogP contribution in [0.5, 0.6) is 0 Å². The molecular weight excluding hydrogens is 322 g/mol. The molecule has 5 nitrogen and oxygen atoms in total. The van der Waals surface area contributed by atoms with Crippen molar-refractivity contribution in [2.45, 2.75) is 0 Å². The summed E-state index contributed by atoms with van der Waals surface area (Å²) in [6.07, 6.45) is 1.02. The van der Waals surface area contributed by atoms with E-state index < -0.39 is 17.8 Å². The predicted octanol–water partition coefficient (Wildman–Crippen LogP) is 3.48. The Morgan fingerprint density at radius 1 is 1.14 bits per heavy atom. The summed E-state index contributed by atoms with van der Waals surface area (Å²) in [5.41, 5.74) is -0.414. The van der Waals surface area contributed by atoms with E-state index in [9.17, 15) is 14.0 Å². The average molecular weight is 329 g/mol. The van der Waals surface area contributed by atoms with Gasteiger partial charge in [0.05, 0.1) is 21.3 Å². The highest BCUT2D eigenvalue weighted by atomic mass is 35.5. The number of halogens is 3. The Hall–Kier alpha value is -2.18. The second kappa shape index (κ2) is 6.07. The third-order valence-corrected chi connectivity index (χ3v) is 3.18. The number of pyridine rings is 1. The molecule has 2 rings (SSSR count). The van der Waals surface area contributed by atoms with Gasteiger partial charge in [-0.2, -0.15) is 4.39 Å². The van der Waals surface area contributed by atoms with Crippen molar-refractivity contribution in [1.29, 1.82) is 0 Å². The Morgan fingerprint density at radius 2 is 1.81 bits per heavy atom. The number of carbonyl (C=O) groups is 2. The Balaban J connectivity index is 2.39. The van der Waals surface area contributed by atoms with Gasteiger partial charge in [0.2, 0.25) is 5.95 Å². The molecule has 0 aliphatic rings. The van der Waals surface area contributed by atoms with E-state index in [4.69, 9.17) is 28.3 Å². The lowest BCUT2D eigenvalue weighted by molar-refractivity contribution is 0.0698. The van der Waals surface area contributed by atoms with E-state index in [2.05, 4.69) is 10.3 Å². The Bertz CT molecular complexity index is 720. The summed E-state index contributed by atoms with van der Waals surface area (Å²) in [7, 11) is 0. The second-order valence-electron chi connectivity index (χ2n) is 3.91. The first-order valence-corrected chi connectivity index (χ1v) is 6.30. The van der Waals surface area contributed by atoms with Gasteiger partial charge in [-0.05, 0) is 24.3 Å². The van der Waals surface area contributed by atoms with Crippen molar-refractivity contribution in [3.63, 3.8) is 0 Å². The summed E-state index contributed by atoms with van der Waals surface area (Å²) in [6, 6.07) is 4.88. The number of carboxylic acid groups (broad SMARTS) is 1. The molecule has 108 valence electrons. The van der Waals surface area contributed by atoms with Gasteiger partial charge in [-0.15, -0.1) is 0 Å². The molecule has 0 fully saturated rings. The topological polar surface area (TPSA) is 79.3 Å². The number of aromatic carboxylic acids is 1. The summed E-state index contributed by atoms with van der Waals surface area (Å²) in [5, 5.41) is 11.4. The van der Waals surface area contributed by atoms with Crippen LogP contribution < -0.4 is 5.32 Å². The van der Waals surface area contributed by atoms with Crippen LogP contribution in [0.3, 0.4) is 0 Å². The van der Waals surface area contributed by atoms with Crippen molar-refractivity contribution in [2.24, 2.45) is 0 Å². The van der Waals surface area contributed by atoms with E-state index in [0.29, 0.717) is 0 Å². The van der Waals surface area contributed by atoms with E-state index in [0.717, 1.165) is 12.3 Å². The van der Waals surface area contributed by atoms with Crippen LogP contribution in [0.15, 0.2) is 30.5 Å². The Kier molecular flexibility index (Phi) is 4.40. The molecule has 1 heterocycles. The smallest absolute Gasteiger partial charge is 0.339 e. The number of amides is 1. The van der Waals surface area contributed by atoms with Gasteiger partial charge in [0, 0.05) is 6.20 Å². The maximum absolute atomic E-state index is 12.7. The lowest BCUT2D eigenvalue weighted by Crippen LogP contribution is -2.16. The molecule has 8 heteroatoms. The zero-order valence-electron chi connectivity index (χ0n) is 10.2. The number of nitrogens with zero attached hydrogens (tertiary/aromatic N) is 1. The number of anilines is 1. The molecule has 21 heavy (non-hydrogen) atoms. The van der Waals surface area contributed by atoms with Gasteiger partial charge < -0.3 is 10.4 Å². The van der Waals surface area contributed by atoms with Crippen LogP contribution in [0.2, 0.25) is 10.0 Å². The molecule has 0 aliphatic carbocycles. The van der Waals surface area contributed by atoms with Crippen molar-refractivity contribution in [3.05, 3.63) is 57.6 Å². The van der Waals surface area contributed by atoms with Crippen LogP contribution in [0.4, 0.5) is 10.1 Å². The van der Waals surface area contributed by atoms with Gasteiger partial charge >= 0.3 is 5.97 Å². The molecular formula is C13H7Cl2FN2O3. The number of rotatable bonds is 3. The first-order valence-electron chi connectivity index (χ1n) is 5.54. The van der Waals surface area contributed by atoms with E-state index >= 15 is 0 Å². The van der Waals surface area contributed by atoms with Crippen molar-refractivity contribution in [3.8, 4) is 0 Å². The van der Waals surface area contributed by atoms with E-state index in [1.807, 2.05) is 0 Å². The highest BCUT2D eigenvalue weighted by molar-refractivity contribution is 6.38. The average Bonchev–Trinajstić information content (AvgIpc) is 2.43. The maximum Gasteiger partial charge on any atom is 0.339 e. The molecule has 1 amide bonds. The first-order chi connectivity index (χ1) is 9.90. The van der Waals surface area contributed by atoms with Crippen LogP contribution in [-0.2, 0) is 0 Å². The minimum absolute atomic E-state index is 0.0141. The summed E-state index contributed by atoms with van der Waals surface area (Å²) >= 11 is 11.7. The van der Waals surface area contributed by atoms with E-state index in [1.54, 1.807) is 0 Å². The molecule has 2 aromatic rings. The number of carboxylic acids is 1. The molecule has 2 N–H and O–H groups in total. The molecule has 0 saturated carbocycles. The van der Waals surface area contributed by atoms with Crippen molar-refractivity contribution >= 4 is 40.8 Å². The van der Waals surface area contributed by atoms with Gasteiger partial charge in [-0.25, -0.2) is 9.78 Å². The first kappa shape index (κ1) is 15.2. The molecule has 0 unspecified atom stereocenters. The largest absolute Gasteiger partial charge is 0.478 e. The number of aromatic nitrogens is 1. The van der Waals surface area contributed by atoms with Crippen molar-refractivity contribution in [2.75, 3.05) is 5.32 Å². The summed E-state index contributed by atoms with van der Waals surface area (Å²) in [6.45, 7) is 0. The third-order valence-electron chi connectivity index (χ3n) is 2.55. The monoisotopic (exact) mass is 328 g/mol. The van der Waals surface area contributed by atoms with Gasteiger partial charge in [-0.1, -0.05) is 23.2 Å². The van der Waals surface area contributed by atoms with E-state index in [-0.39, 0.29) is 26.9 Å². The van der Waals surface area contributed by atoms with Gasteiger partial charge in [0.25, 0.3) is 5.91 Å². The summed E-state index contributed by atoms with van der Waals surface area (Å²) in [4.78, 5) is 26.5. The molecule has 0 spiro atoms. The molecule has 1 aromatic heterocycles. The fourth-order valence-corrected chi connectivity index (χ4v) is 2.02. The number of benzene rings is 1. The van der Waals surface area contributed by atoms with Crippen LogP contribution in [0.25, 0.3) is 0 Å². The quantitative estimate of drug-likeness (QED) is 0.845. The molecule has 0 aliphatic heterocycles. The Morgan fingerprint density at radius 3 is 2.38 bits per heavy atom. The standard InChI is InChI=1S/C13H7Cl2FN2O3/c14-7-2-3-8(15)11(10(7)13(20)21)18-12(19)6-1-4-9(16)17-5-6/h1-5H,(H,18,19)(H,20,21). The third kappa shape index (κ3) is 3.29. The number of carbonyl (C=O) groups excluding carboxylic acids is 1. The zero-order valence-corrected chi connectivity index (χ0v) is 11.7. The van der Waals surface area contributed by atoms with Gasteiger partial charge in [0.1, 0.15) is 5.56 Å². The molecule has 0 radical (unpaired) electrons. The minimum atomic E-state index is -1.34. The van der Waals surface area contributed by atoms with Crippen LogP contribution >= 0.6 is 23.2 Å². The van der Waals surface area contributed by atoms with E-state index in [1.165, 1.54) is 18.2 Å². The summed E-state index contributed by atoms with van der Waals surface area (Å²) < 4.78 is 12.7. The molecule has 0 saturated heterocycles. The van der Waals surface area contributed by atoms with Crippen molar-refractivity contribution < 1.29 is 19.1 Å². The van der Waals surface area contributed by atoms with Gasteiger partial charge in [-0.3, -0.25) is 4.79 Å². The minimum Gasteiger partial charge on any atom is -0.478 e. The van der Waals surface area contributed by atoms with Crippen LogP contribution in [0, 0.1) is 5.95 Å². The number of hydrogen-bond donors (Lipinski definition) is 2. The highest BCUT2D eigenvalue weighted by Crippen LogP contribution is 2.32. The zero-order chi connectivity index (χ0) is 15.6. The fraction of sp³-hybridized carbons (Fsp3) is 0. The summed E-state index contributed by atoms with van der Waals surface area (Å²) in [5.74, 6) is -2.76. The molecule has 0 bridgehead atoms. The highest BCUT2D eigenvalue weighted by Gasteiger charge is 2.20. The Labute approximate surface area is 128 Å². The fourth-order valence-electron chi connectivity index (χ4n) is 1.58. The normalized spacial score (nSPS) is 10.2. The maximum atomic E-state index is 12.7. The van der Waals surface area contributed by atoms with Crippen molar-refractivity contribution in [1.82, 2.24) is 4.98 Å². The lowest BCUT2D eigenvalue weighted by atomic mass is 10.1. The predicted molar refractivity (Wildman–Crippen MR) is 75.6 cm³/mol. The van der Waals surface area contributed by atoms with Crippen LogP contribution in [0.1, 0.15) is 20.7 Å². The number of nitrogens with one attached hydrogen (secondary N) is 1. The molecule has 0 atom stereocenters.